The van der Waals surface area contributed by atoms with E-state index in [-0.39, 0.29) is 0 Å². The van der Waals surface area contributed by atoms with Crippen molar-refractivity contribution in [3.05, 3.63) is 34.9 Å². The minimum atomic E-state index is 0.398. The molecule has 0 aromatic heterocycles. The molecule has 0 bridgehead atoms. The molecule has 118 valence electrons. The lowest BCUT2D eigenvalue weighted by Crippen LogP contribution is -2.36. The Morgan fingerprint density at radius 2 is 2.00 bits per heavy atom. The lowest BCUT2D eigenvalue weighted by molar-refractivity contribution is 0.0548. The molecule has 0 aliphatic carbocycles. The topological polar surface area (TPSA) is 24.5 Å². The van der Waals surface area contributed by atoms with Crippen LogP contribution in [0.4, 0.5) is 0 Å². The second kappa shape index (κ2) is 7.92. The number of nitrogens with zero attached hydrogens (tertiary/aromatic N) is 1. The maximum Gasteiger partial charge on any atom is 0.0469 e. The molecular weight excluding hydrogens is 260 g/mol. The van der Waals surface area contributed by atoms with Crippen molar-refractivity contribution in [1.82, 2.24) is 10.2 Å². The van der Waals surface area contributed by atoms with Gasteiger partial charge in [0.15, 0.2) is 0 Å². The summed E-state index contributed by atoms with van der Waals surface area (Å²) in [5.74, 6) is 0.792. The molecule has 3 heteroatoms. The number of hydrogen-bond acceptors (Lipinski definition) is 3. The third-order valence-corrected chi connectivity index (χ3v) is 4.56. The Hall–Kier alpha value is -0.900. The van der Waals surface area contributed by atoms with E-state index in [0.717, 1.165) is 25.7 Å². The fourth-order valence-electron chi connectivity index (χ4n) is 3.24. The van der Waals surface area contributed by atoms with E-state index in [4.69, 9.17) is 4.74 Å². The van der Waals surface area contributed by atoms with Gasteiger partial charge in [0.1, 0.15) is 0 Å². The summed E-state index contributed by atoms with van der Waals surface area (Å²) in [6, 6.07) is 7.14. The minimum Gasteiger partial charge on any atom is -0.381 e. The Balaban J connectivity index is 1.96. The van der Waals surface area contributed by atoms with Gasteiger partial charge in [-0.25, -0.2) is 0 Å². The molecule has 1 atom stereocenters. The van der Waals surface area contributed by atoms with Gasteiger partial charge in [0.25, 0.3) is 0 Å². The predicted octanol–water partition coefficient (Wildman–Crippen LogP) is 2.92. The van der Waals surface area contributed by atoms with Crippen LogP contribution in [-0.4, -0.2) is 45.3 Å². The average molecular weight is 290 g/mol. The van der Waals surface area contributed by atoms with E-state index in [1.165, 1.54) is 36.1 Å². The van der Waals surface area contributed by atoms with Crippen molar-refractivity contribution >= 4 is 0 Å². The van der Waals surface area contributed by atoms with Crippen LogP contribution in [0.25, 0.3) is 0 Å². The van der Waals surface area contributed by atoms with Crippen molar-refractivity contribution < 1.29 is 4.74 Å². The molecule has 0 amide bonds. The molecule has 2 rings (SSSR count). The third-order valence-electron chi connectivity index (χ3n) is 4.56. The molecule has 1 fully saturated rings. The first kappa shape index (κ1) is 16.5. The summed E-state index contributed by atoms with van der Waals surface area (Å²) in [5, 5.41) is 3.49. The number of benzene rings is 1. The lowest BCUT2D eigenvalue weighted by atomic mass is 9.97. The van der Waals surface area contributed by atoms with Crippen LogP contribution in [0.15, 0.2) is 18.2 Å². The molecule has 1 saturated heterocycles. The van der Waals surface area contributed by atoms with E-state index >= 15 is 0 Å². The van der Waals surface area contributed by atoms with Crippen LogP contribution >= 0.6 is 0 Å². The van der Waals surface area contributed by atoms with E-state index in [1.54, 1.807) is 0 Å². The molecule has 0 radical (unpaired) electrons. The maximum absolute atomic E-state index is 5.45. The van der Waals surface area contributed by atoms with E-state index in [0.29, 0.717) is 6.04 Å². The first-order valence-corrected chi connectivity index (χ1v) is 8.11. The van der Waals surface area contributed by atoms with Crippen LogP contribution in [0.3, 0.4) is 0 Å². The van der Waals surface area contributed by atoms with Crippen LogP contribution in [-0.2, 0) is 4.74 Å². The zero-order chi connectivity index (χ0) is 15.2. The molecule has 3 nitrogen and oxygen atoms in total. The highest BCUT2D eigenvalue weighted by Gasteiger charge is 2.19. The van der Waals surface area contributed by atoms with Crippen molar-refractivity contribution in [2.75, 3.05) is 40.4 Å². The molecule has 1 aromatic rings. The Morgan fingerprint density at radius 3 is 2.67 bits per heavy atom. The summed E-state index contributed by atoms with van der Waals surface area (Å²) < 4.78 is 5.45. The number of likely N-dealkylation sites (N-methyl/N-ethyl adjacent to an activating group) is 2. The zero-order valence-corrected chi connectivity index (χ0v) is 14.0. The number of ether oxygens (including phenoxy) is 1. The van der Waals surface area contributed by atoms with E-state index in [1.807, 2.05) is 0 Å². The Labute approximate surface area is 129 Å². The second-order valence-electron chi connectivity index (χ2n) is 6.48. The van der Waals surface area contributed by atoms with Crippen molar-refractivity contribution in [3.8, 4) is 0 Å². The maximum atomic E-state index is 5.45. The van der Waals surface area contributed by atoms with Gasteiger partial charge in [-0.05, 0) is 57.8 Å². The highest BCUT2D eigenvalue weighted by atomic mass is 16.5. The smallest absolute Gasteiger partial charge is 0.0469 e. The third kappa shape index (κ3) is 4.80. The summed E-state index contributed by atoms with van der Waals surface area (Å²) in [6.07, 6.45) is 2.41. The molecule has 1 heterocycles. The number of rotatable bonds is 6. The SMILES string of the molecule is CNC(CN(C)CC1CCOCC1)c1cc(C)ccc1C. The van der Waals surface area contributed by atoms with Crippen molar-refractivity contribution in [1.29, 1.82) is 0 Å². The summed E-state index contributed by atoms with van der Waals surface area (Å²) in [6.45, 7) is 8.47. The van der Waals surface area contributed by atoms with Crippen LogP contribution in [0.2, 0.25) is 0 Å². The molecule has 1 N–H and O–H groups in total. The van der Waals surface area contributed by atoms with Gasteiger partial charge >= 0.3 is 0 Å². The molecule has 1 aromatic carbocycles. The predicted molar refractivity (Wildman–Crippen MR) is 88.8 cm³/mol. The molecule has 0 spiro atoms. The normalized spacial score (nSPS) is 18.1. The van der Waals surface area contributed by atoms with Gasteiger partial charge in [0.05, 0.1) is 0 Å². The molecule has 0 saturated carbocycles. The molecule has 1 unspecified atom stereocenters. The van der Waals surface area contributed by atoms with E-state index in [9.17, 15) is 0 Å². The molecule has 1 aliphatic heterocycles. The highest BCUT2D eigenvalue weighted by Crippen LogP contribution is 2.21. The van der Waals surface area contributed by atoms with Crippen LogP contribution in [0, 0.1) is 19.8 Å². The van der Waals surface area contributed by atoms with E-state index in [2.05, 4.69) is 56.4 Å². The monoisotopic (exact) mass is 290 g/mol. The summed E-state index contributed by atoms with van der Waals surface area (Å²) in [7, 11) is 4.31. The molecular formula is C18H30N2O. The fourth-order valence-corrected chi connectivity index (χ4v) is 3.24. The second-order valence-corrected chi connectivity index (χ2v) is 6.48. The Kier molecular flexibility index (Phi) is 6.22. The minimum absolute atomic E-state index is 0.398. The van der Waals surface area contributed by atoms with Gasteiger partial charge in [0.2, 0.25) is 0 Å². The first-order chi connectivity index (χ1) is 10.1. The van der Waals surface area contributed by atoms with Gasteiger partial charge in [-0.2, -0.15) is 0 Å². The Bertz CT molecular complexity index is 441. The average Bonchev–Trinajstić information content (AvgIpc) is 2.48. The summed E-state index contributed by atoms with van der Waals surface area (Å²) in [5.41, 5.74) is 4.14. The van der Waals surface area contributed by atoms with Crippen LogP contribution < -0.4 is 5.32 Å². The van der Waals surface area contributed by atoms with Crippen molar-refractivity contribution in [2.24, 2.45) is 5.92 Å². The number of aryl methyl sites for hydroxylation is 2. The highest BCUT2D eigenvalue weighted by molar-refractivity contribution is 5.33. The van der Waals surface area contributed by atoms with Crippen molar-refractivity contribution in [3.63, 3.8) is 0 Å². The van der Waals surface area contributed by atoms with Crippen LogP contribution in [0.1, 0.15) is 35.6 Å². The largest absolute Gasteiger partial charge is 0.381 e. The fraction of sp³-hybridized carbons (Fsp3) is 0.667. The first-order valence-electron chi connectivity index (χ1n) is 8.11. The van der Waals surface area contributed by atoms with Gasteiger partial charge in [-0.15, -0.1) is 0 Å². The molecule has 1 aliphatic rings. The van der Waals surface area contributed by atoms with Gasteiger partial charge in [0, 0.05) is 32.3 Å². The van der Waals surface area contributed by atoms with Crippen LogP contribution in [0.5, 0.6) is 0 Å². The summed E-state index contributed by atoms with van der Waals surface area (Å²) in [4.78, 5) is 2.47. The quantitative estimate of drug-likeness (QED) is 0.872. The lowest BCUT2D eigenvalue weighted by Gasteiger charge is -2.30. The number of hydrogen-bond donors (Lipinski definition) is 1. The zero-order valence-electron chi connectivity index (χ0n) is 14.0. The van der Waals surface area contributed by atoms with Gasteiger partial charge < -0.3 is 15.0 Å². The summed E-state index contributed by atoms with van der Waals surface area (Å²) >= 11 is 0. The van der Waals surface area contributed by atoms with Crippen molar-refractivity contribution in [2.45, 2.75) is 32.7 Å². The van der Waals surface area contributed by atoms with Gasteiger partial charge in [-0.3, -0.25) is 0 Å². The van der Waals surface area contributed by atoms with E-state index < -0.39 is 0 Å². The standard InChI is InChI=1S/C18H30N2O/c1-14-5-6-15(2)17(11-14)18(19-3)13-20(4)12-16-7-9-21-10-8-16/h5-6,11,16,18-19H,7-10,12-13H2,1-4H3. The Morgan fingerprint density at radius 1 is 1.29 bits per heavy atom. The van der Waals surface area contributed by atoms with Gasteiger partial charge in [-0.1, -0.05) is 23.8 Å². The number of nitrogens with one attached hydrogen (secondary N) is 1. The molecule has 21 heavy (non-hydrogen) atoms.